The van der Waals surface area contributed by atoms with E-state index in [1.807, 2.05) is 48.5 Å². The summed E-state index contributed by atoms with van der Waals surface area (Å²) in [6, 6.07) is 23.2. The first-order chi connectivity index (χ1) is 14.2. The predicted octanol–water partition coefficient (Wildman–Crippen LogP) is 4.60. The van der Waals surface area contributed by atoms with Gasteiger partial charge in [0.15, 0.2) is 11.5 Å². The Morgan fingerprint density at radius 3 is 1.97 bits per heavy atom. The van der Waals surface area contributed by atoms with Crippen LogP contribution in [0.25, 0.3) is 0 Å². The standard InChI is InChI=1S/C24H25NO4/c1-27-21-15-14-20(22(28-2)23(21)29-3)24(26)25(19-12-8-5-9-13-19)17-16-18-10-6-4-7-11-18/h4-15H,16-17H2,1-3H3. The van der Waals surface area contributed by atoms with Crippen molar-refractivity contribution >= 4 is 11.6 Å². The van der Waals surface area contributed by atoms with E-state index >= 15 is 0 Å². The Hall–Kier alpha value is -3.47. The molecule has 0 N–H and O–H groups in total. The Bertz CT molecular complexity index is 942. The van der Waals surface area contributed by atoms with E-state index in [0.717, 1.165) is 12.1 Å². The van der Waals surface area contributed by atoms with E-state index in [4.69, 9.17) is 14.2 Å². The lowest BCUT2D eigenvalue weighted by Gasteiger charge is -2.25. The molecular weight excluding hydrogens is 366 g/mol. The highest BCUT2D eigenvalue weighted by atomic mass is 16.5. The van der Waals surface area contributed by atoms with Gasteiger partial charge in [0.05, 0.1) is 26.9 Å². The summed E-state index contributed by atoms with van der Waals surface area (Å²) in [7, 11) is 4.60. The second-order valence-electron chi connectivity index (χ2n) is 6.41. The van der Waals surface area contributed by atoms with E-state index in [1.54, 1.807) is 24.1 Å². The lowest BCUT2D eigenvalue weighted by Crippen LogP contribution is -2.33. The van der Waals surface area contributed by atoms with Crippen LogP contribution in [0.1, 0.15) is 15.9 Å². The highest BCUT2D eigenvalue weighted by molar-refractivity contribution is 6.08. The second-order valence-corrected chi connectivity index (χ2v) is 6.41. The van der Waals surface area contributed by atoms with Gasteiger partial charge in [-0.3, -0.25) is 4.79 Å². The third kappa shape index (κ3) is 4.51. The van der Waals surface area contributed by atoms with Crippen LogP contribution in [0, 0.1) is 0 Å². The van der Waals surface area contributed by atoms with Gasteiger partial charge < -0.3 is 19.1 Å². The summed E-state index contributed by atoms with van der Waals surface area (Å²) in [5.41, 5.74) is 2.41. The number of methoxy groups -OCH3 is 3. The average Bonchev–Trinajstić information content (AvgIpc) is 2.79. The molecule has 150 valence electrons. The van der Waals surface area contributed by atoms with Crippen LogP contribution in [0.5, 0.6) is 17.2 Å². The number of carbonyl (C=O) groups is 1. The monoisotopic (exact) mass is 391 g/mol. The van der Waals surface area contributed by atoms with E-state index in [1.165, 1.54) is 19.8 Å². The quantitative estimate of drug-likeness (QED) is 0.563. The van der Waals surface area contributed by atoms with Gasteiger partial charge in [0.2, 0.25) is 5.75 Å². The number of para-hydroxylation sites is 1. The molecule has 0 saturated carbocycles. The van der Waals surface area contributed by atoms with Crippen LogP contribution in [0.3, 0.4) is 0 Å². The molecule has 3 aromatic rings. The molecule has 0 saturated heterocycles. The molecule has 1 amide bonds. The van der Waals surface area contributed by atoms with Crippen molar-refractivity contribution in [2.24, 2.45) is 0 Å². The van der Waals surface area contributed by atoms with Crippen LogP contribution in [0.15, 0.2) is 72.8 Å². The van der Waals surface area contributed by atoms with Gasteiger partial charge in [0.25, 0.3) is 5.91 Å². The minimum atomic E-state index is -0.162. The number of ether oxygens (including phenoxy) is 3. The first kappa shape index (κ1) is 20.3. The number of rotatable bonds is 8. The van der Waals surface area contributed by atoms with Crippen molar-refractivity contribution in [3.63, 3.8) is 0 Å². The molecule has 0 fully saturated rings. The number of nitrogens with zero attached hydrogens (tertiary/aromatic N) is 1. The smallest absolute Gasteiger partial charge is 0.262 e. The van der Waals surface area contributed by atoms with Gasteiger partial charge in [0.1, 0.15) is 0 Å². The molecule has 0 spiro atoms. The fraction of sp³-hybridized carbons (Fsp3) is 0.208. The fourth-order valence-corrected chi connectivity index (χ4v) is 3.26. The van der Waals surface area contributed by atoms with Gasteiger partial charge in [-0.15, -0.1) is 0 Å². The first-order valence-corrected chi connectivity index (χ1v) is 9.39. The minimum absolute atomic E-state index is 0.162. The molecule has 0 atom stereocenters. The summed E-state index contributed by atoms with van der Waals surface area (Å²) in [6.45, 7) is 0.532. The maximum Gasteiger partial charge on any atom is 0.262 e. The van der Waals surface area contributed by atoms with E-state index in [9.17, 15) is 4.79 Å². The highest BCUT2D eigenvalue weighted by Crippen LogP contribution is 2.40. The topological polar surface area (TPSA) is 48.0 Å². The van der Waals surface area contributed by atoms with Crippen LogP contribution >= 0.6 is 0 Å². The van der Waals surface area contributed by atoms with Gasteiger partial charge in [-0.25, -0.2) is 0 Å². The summed E-state index contributed by atoms with van der Waals surface area (Å²) in [5, 5.41) is 0. The Balaban J connectivity index is 1.98. The molecule has 5 nitrogen and oxygen atoms in total. The zero-order chi connectivity index (χ0) is 20.6. The summed E-state index contributed by atoms with van der Waals surface area (Å²) in [5.74, 6) is 1.11. The summed E-state index contributed by atoms with van der Waals surface area (Å²) in [4.78, 5) is 15.3. The normalized spacial score (nSPS) is 10.3. The summed E-state index contributed by atoms with van der Waals surface area (Å²) in [6.07, 6.45) is 0.733. The van der Waals surface area contributed by atoms with Gasteiger partial charge in [0, 0.05) is 12.2 Å². The van der Waals surface area contributed by atoms with Gasteiger partial charge >= 0.3 is 0 Å². The predicted molar refractivity (Wildman–Crippen MR) is 114 cm³/mol. The highest BCUT2D eigenvalue weighted by Gasteiger charge is 2.25. The number of carbonyl (C=O) groups excluding carboxylic acids is 1. The summed E-state index contributed by atoms with van der Waals surface area (Å²) >= 11 is 0. The molecule has 0 aromatic heterocycles. The Kier molecular flexibility index (Phi) is 6.74. The van der Waals surface area contributed by atoms with Gasteiger partial charge in [-0.2, -0.15) is 0 Å². The van der Waals surface area contributed by atoms with Crippen molar-refractivity contribution in [1.29, 1.82) is 0 Å². The maximum atomic E-state index is 13.6. The molecule has 0 radical (unpaired) electrons. The number of anilines is 1. The Morgan fingerprint density at radius 2 is 1.38 bits per heavy atom. The van der Waals surface area contributed by atoms with Crippen LogP contribution in [-0.4, -0.2) is 33.8 Å². The molecule has 3 rings (SSSR count). The SMILES string of the molecule is COc1ccc(C(=O)N(CCc2ccccc2)c2ccccc2)c(OC)c1OC. The molecule has 29 heavy (non-hydrogen) atoms. The lowest BCUT2D eigenvalue weighted by atomic mass is 10.1. The Morgan fingerprint density at radius 1 is 0.759 bits per heavy atom. The van der Waals surface area contributed by atoms with E-state index in [0.29, 0.717) is 29.4 Å². The number of amides is 1. The molecule has 0 aliphatic rings. The van der Waals surface area contributed by atoms with Crippen molar-refractivity contribution in [2.45, 2.75) is 6.42 Å². The van der Waals surface area contributed by atoms with Crippen LogP contribution in [-0.2, 0) is 6.42 Å². The second kappa shape index (κ2) is 9.64. The third-order valence-electron chi connectivity index (χ3n) is 4.71. The Labute approximate surface area is 171 Å². The summed E-state index contributed by atoms with van der Waals surface area (Å²) < 4.78 is 16.3. The van der Waals surface area contributed by atoms with Crippen molar-refractivity contribution < 1.29 is 19.0 Å². The maximum absolute atomic E-state index is 13.6. The molecule has 0 bridgehead atoms. The molecule has 5 heteroatoms. The molecule has 0 heterocycles. The van der Waals surface area contributed by atoms with Crippen molar-refractivity contribution in [2.75, 3.05) is 32.8 Å². The first-order valence-electron chi connectivity index (χ1n) is 9.39. The van der Waals surface area contributed by atoms with Crippen LogP contribution < -0.4 is 19.1 Å². The number of benzene rings is 3. The van der Waals surface area contributed by atoms with Gasteiger partial charge in [-0.1, -0.05) is 48.5 Å². The van der Waals surface area contributed by atoms with Crippen molar-refractivity contribution in [3.05, 3.63) is 83.9 Å². The van der Waals surface area contributed by atoms with Crippen LogP contribution in [0.4, 0.5) is 5.69 Å². The van der Waals surface area contributed by atoms with E-state index in [-0.39, 0.29) is 5.91 Å². The van der Waals surface area contributed by atoms with Crippen molar-refractivity contribution in [1.82, 2.24) is 0 Å². The lowest BCUT2D eigenvalue weighted by molar-refractivity contribution is 0.0983. The molecule has 0 aliphatic carbocycles. The number of hydrogen-bond acceptors (Lipinski definition) is 4. The molecular formula is C24H25NO4. The molecule has 3 aromatic carbocycles. The average molecular weight is 391 g/mol. The minimum Gasteiger partial charge on any atom is -0.493 e. The number of hydrogen-bond donors (Lipinski definition) is 0. The fourth-order valence-electron chi connectivity index (χ4n) is 3.26. The van der Waals surface area contributed by atoms with Gasteiger partial charge in [-0.05, 0) is 36.2 Å². The van der Waals surface area contributed by atoms with E-state index in [2.05, 4.69) is 12.1 Å². The van der Waals surface area contributed by atoms with Crippen molar-refractivity contribution in [3.8, 4) is 17.2 Å². The zero-order valence-corrected chi connectivity index (χ0v) is 16.9. The zero-order valence-electron chi connectivity index (χ0n) is 16.9. The van der Waals surface area contributed by atoms with E-state index < -0.39 is 0 Å². The molecule has 0 unspecified atom stereocenters. The van der Waals surface area contributed by atoms with Crippen LogP contribution in [0.2, 0.25) is 0 Å². The third-order valence-corrected chi connectivity index (χ3v) is 4.71. The largest absolute Gasteiger partial charge is 0.493 e. The molecule has 0 aliphatic heterocycles.